The normalized spacial score (nSPS) is 21.8. The molecule has 0 amide bonds. The van der Waals surface area contributed by atoms with E-state index < -0.39 is 10.0 Å². The van der Waals surface area contributed by atoms with Gasteiger partial charge < -0.3 is 5.32 Å². The lowest BCUT2D eigenvalue weighted by Crippen LogP contribution is -2.25. The molecule has 0 saturated carbocycles. The number of hydrogen-bond acceptors (Lipinski definition) is 3. The zero-order valence-electron chi connectivity index (χ0n) is 11.6. The van der Waals surface area contributed by atoms with E-state index in [9.17, 15) is 8.42 Å². The van der Waals surface area contributed by atoms with E-state index in [1.807, 2.05) is 31.2 Å². The number of anilines is 1. The van der Waals surface area contributed by atoms with Crippen LogP contribution < -0.4 is 9.62 Å². The van der Waals surface area contributed by atoms with Crippen molar-refractivity contribution in [3.05, 3.63) is 29.8 Å². The number of nitrogens with zero attached hydrogens (tertiary/aromatic N) is 1. The predicted molar refractivity (Wildman–Crippen MR) is 78.7 cm³/mol. The minimum absolute atomic E-state index is 0.205. The highest BCUT2D eigenvalue weighted by atomic mass is 32.2. The molecule has 0 spiro atoms. The van der Waals surface area contributed by atoms with Gasteiger partial charge in [-0.3, -0.25) is 4.31 Å². The fourth-order valence-electron chi connectivity index (χ4n) is 2.35. The maximum atomic E-state index is 12.0. The van der Waals surface area contributed by atoms with Crippen LogP contribution in [0.25, 0.3) is 0 Å². The second-order valence-electron chi connectivity index (χ2n) is 5.26. The van der Waals surface area contributed by atoms with Crippen molar-refractivity contribution in [3.8, 4) is 0 Å². The van der Waals surface area contributed by atoms with Gasteiger partial charge in [0, 0.05) is 13.1 Å². The predicted octanol–water partition coefficient (Wildman–Crippen LogP) is 1.97. The van der Waals surface area contributed by atoms with Gasteiger partial charge in [-0.1, -0.05) is 26.0 Å². The van der Waals surface area contributed by atoms with Crippen LogP contribution in [-0.4, -0.2) is 27.3 Å². The van der Waals surface area contributed by atoms with Crippen LogP contribution in [0.3, 0.4) is 0 Å². The number of sulfonamides is 1. The summed E-state index contributed by atoms with van der Waals surface area (Å²) in [6.45, 7) is 6.53. The fraction of sp³-hybridized carbons (Fsp3) is 0.571. The summed E-state index contributed by atoms with van der Waals surface area (Å²) in [5.41, 5.74) is 1.96. The fourth-order valence-corrected chi connectivity index (χ4v) is 4.28. The molecule has 19 heavy (non-hydrogen) atoms. The van der Waals surface area contributed by atoms with Crippen LogP contribution in [0.5, 0.6) is 0 Å². The standard InChI is InChI=1S/C14H22N2O2S/c1-3-8-15-9-13-4-6-14(7-5-13)16-10-12(2)11-19(16,17)18/h4-7,12,15H,3,8-11H2,1-2H3. The van der Waals surface area contributed by atoms with Crippen molar-refractivity contribution in [2.45, 2.75) is 26.8 Å². The molecular weight excluding hydrogens is 260 g/mol. The van der Waals surface area contributed by atoms with E-state index in [0.717, 1.165) is 25.2 Å². The molecule has 1 atom stereocenters. The molecule has 1 heterocycles. The molecule has 2 rings (SSSR count). The summed E-state index contributed by atoms with van der Waals surface area (Å²) < 4.78 is 25.5. The summed E-state index contributed by atoms with van der Waals surface area (Å²) in [6.07, 6.45) is 1.11. The first kappa shape index (κ1) is 14.3. The molecule has 1 N–H and O–H groups in total. The van der Waals surface area contributed by atoms with Gasteiger partial charge in [-0.2, -0.15) is 0 Å². The summed E-state index contributed by atoms with van der Waals surface area (Å²) in [5.74, 6) is 0.461. The Kier molecular flexibility index (Phi) is 4.47. The third kappa shape index (κ3) is 3.48. The first-order valence-electron chi connectivity index (χ1n) is 6.83. The highest BCUT2D eigenvalue weighted by Gasteiger charge is 2.33. The Morgan fingerprint density at radius 1 is 1.32 bits per heavy atom. The van der Waals surface area contributed by atoms with Gasteiger partial charge >= 0.3 is 0 Å². The van der Waals surface area contributed by atoms with Crippen molar-refractivity contribution in [2.24, 2.45) is 5.92 Å². The molecule has 1 unspecified atom stereocenters. The Hall–Kier alpha value is -1.07. The first-order chi connectivity index (χ1) is 9.03. The van der Waals surface area contributed by atoms with E-state index in [1.54, 1.807) is 0 Å². The molecule has 1 saturated heterocycles. The summed E-state index contributed by atoms with van der Waals surface area (Å²) in [7, 11) is -3.11. The molecule has 1 fully saturated rings. The topological polar surface area (TPSA) is 49.4 Å². The SMILES string of the molecule is CCCNCc1ccc(N2CC(C)CS2(=O)=O)cc1. The highest BCUT2D eigenvalue weighted by molar-refractivity contribution is 7.93. The van der Waals surface area contributed by atoms with Crippen molar-refractivity contribution in [1.29, 1.82) is 0 Å². The van der Waals surface area contributed by atoms with Crippen LogP contribution in [0.15, 0.2) is 24.3 Å². The molecular formula is C14H22N2O2S. The summed E-state index contributed by atoms with van der Waals surface area (Å²) >= 11 is 0. The minimum Gasteiger partial charge on any atom is -0.313 e. The van der Waals surface area contributed by atoms with Crippen LogP contribution in [0, 0.1) is 5.92 Å². The van der Waals surface area contributed by atoms with Crippen molar-refractivity contribution in [3.63, 3.8) is 0 Å². The molecule has 0 aliphatic carbocycles. The molecule has 1 aromatic carbocycles. The Morgan fingerprint density at radius 2 is 2.00 bits per heavy atom. The molecule has 1 aliphatic heterocycles. The van der Waals surface area contributed by atoms with Gasteiger partial charge in [-0.25, -0.2) is 8.42 Å². The molecule has 0 aromatic heterocycles. The van der Waals surface area contributed by atoms with E-state index in [0.29, 0.717) is 6.54 Å². The van der Waals surface area contributed by atoms with Gasteiger partial charge in [-0.05, 0) is 36.6 Å². The number of benzene rings is 1. The lowest BCUT2D eigenvalue weighted by atomic mass is 10.2. The molecule has 0 bridgehead atoms. The van der Waals surface area contributed by atoms with Crippen LogP contribution >= 0.6 is 0 Å². The average Bonchev–Trinajstić information content (AvgIpc) is 2.64. The average molecular weight is 282 g/mol. The van der Waals surface area contributed by atoms with Gasteiger partial charge in [0.1, 0.15) is 0 Å². The number of rotatable bonds is 5. The molecule has 4 nitrogen and oxygen atoms in total. The van der Waals surface area contributed by atoms with E-state index in [4.69, 9.17) is 0 Å². The lowest BCUT2D eigenvalue weighted by Gasteiger charge is -2.17. The lowest BCUT2D eigenvalue weighted by molar-refractivity contribution is 0.598. The monoisotopic (exact) mass is 282 g/mol. The van der Waals surface area contributed by atoms with Gasteiger partial charge in [0.05, 0.1) is 11.4 Å². The van der Waals surface area contributed by atoms with E-state index in [2.05, 4.69) is 12.2 Å². The summed E-state index contributed by atoms with van der Waals surface area (Å²) in [6, 6.07) is 7.80. The van der Waals surface area contributed by atoms with E-state index >= 15 is 0 Å². The molecule has 1 aromatic rings. The van der Waals surface area contributed by atoms with E-state index in [-0.39, 0.29) is 11.7 Å². The van der Waals surface area contributed by atoms with Crippen molar-refractivity contribution >= 4 is 15.7 Å². The highest BCUT2D eigenvalue weighted by Crippen LogP contribution is 2.26. The zero-order valence-corrected chi connectivity index (χ0v) is 12.4. The molecule has 5 heteroatoms. The quantitative estimate of drug-likeness (QED) is 0.840. The minimum atomic E-state index is -3.11. The van der Waals surface area contributed by atoms with Crippen LogP contribution in [0.4, 0.5) is 5.69 Å². The zero-order chi connectivity index (χ0) is 13.9. The van der Waals surface area contributed by atoms with Gasteiger partial charge in [0.15, 0.2) is 0 Å². The largest absolute Gasteiger partial charge is 0.313 e. The van der Waals surface area contributed by atoms with Gasteiger partial charge in [-0.15, -0.1) is 0 Å². The third-order valence-electron chi connectivity index (χ3n) is 3.29. The Bertz CT molecular complexity index is 511. The molecule has 0 radical (unpaired) electrons. The van der Waals surface area contributed by atoms with Gasteiger partial charge in [0.2, 0.25) is 10.0 Å². The first-order valence-corrected chi connectivity index (χ1v) is 8.44. The maximum absolute atomic E-state index is 12.0. The Morgan fingerprint density at radius 3 is 2.53 bits per heavy atom. The second-order valence-corrected chi connectivity index (χ2v) is 7.20. The number of hydrogen-bond donors (Lipinski definition) is 1. The third-order valence-corrected chi connectivity index (χ3v) is 5.31. The van der Waals surface area contributed by atoms with Crippen LogP contribution in [0.2, 0.25) is 0 Å². The van der Waals surface area contributed by atoms with Crippen LogP contribution in [-0.2, 0) is 16.6 Å². The molecule has 106 valence electrons. The van der Waals surface area contributed by atoms with Crippen LogP contribution in [0.1, 0.15) is 25.8 Å². The Labute approximate surface area is 115 Å². The smallest absolute Gasteiger partial charge is 0.235 e. The molecule has 1 aliphatic rings. The Balaban J connectivity index is 2.06. The number of nitrogens with one attached hydrogen (secondary N) is 1. The van der Waals surface area contributed by atoms with E-state index in [1.165, 1.54) is 9.87 Å². The maximum Gasteiger partial charge on any atom is 0.235 e. The second kappa shape index (κ2) is 5.92. The van der Waals surface area contributed by atoms with Crippen molar-refractivity contribution < 1.29 is 8.42 Å². The summed E-state index contributed by atoms with van der Waals surface area (Å²) in [5, 5.41) is 3.33. The van der Waals surface area contributed by atoms with Crippen molar-refractivity contribution in [1.82, 2.24) is 5.32 Å². The van der Waals surface area contributed by atoms with Crippen molar-refractivity contribution in [2.75, 3.05) is 23.1 Å². The summed E-state index contributed by atoms with van der Waals surface area (Å²) in [4.78, 5) is 0. The van der Waals surface area contributed by atoms with Gasteiger partial charge in [0.25, 0.3) is 0 Å².